The lowest BCUT2D eigenvalue weighted by Gasteiger charge is -2.13. The Morgan fingerprint density at radius 3 is 2.68 bits per heavy atom. The van der Waals surface area contributed by atoms with Gasteiger partial charge in [-0.3, -0.25) is 9.67 Å². The number of hydrogen-bond donors (Lipinski definition) is 0. The van der Waals surface area contributed by atoms with Crippen molar-refractivity contribution in [3.63, 3.8) is 0 Å². The molecule has 4 nitrogen and oxygen atoms in total. The van der Waals surface area contributed by atoms with Gasteiger partial charge in [0.2, 0.25) is 0 Å². The van der Waals surface area contributed by atoms with Crippen LogP contribution in [0.1, 0.15) is 12.8 Å². The molecule has 0 aromatic carbocycles. The van der Waals surface area contributed by atoms with Crippen LogP contribution in [-0.4, -0.2) is 39.3 Å². The normalized spacial score (nSPS) is 16.1. The minimum Gasteiger partial charge on any atom is -0.301 e. The molecule has 0 bridgehead atoms. The Bertz CT molecular complexity index is 546. The maximum atomic E-state index is 4.43. The average molecular weight is 321 g/mol. The zero-order valence-corrected chi connectivity index (χ0v) is 12.4. The standard InChI is InChI=1S/C14H17BrN4/c15-14-7-12(8-16-10-14)13-9-17-19(11-13)6-5-18-3-1-2-4-18/h7-11H,1-6H2. The van der Waals surface area contributed by atoms with Gasteiger partial charge in [-0.25, -0.2) is 0 Å². The highest BCUT2D eigenvalue weighted by Gasteiger charge is 2.11. The van der Waals surface area contributed by atoms with Gasteiger partial charge in [-0.1, -0.05) is 0 Å². The van der Waals surface area contributed by atoms with Crippen LogP contribution in [0, 0.1) is 0 Å². The first kappa shape index (κ1) is 12.8. The van der Waals surface area contributed by atoms with Crippen molar-refractivity contribution in [2.75, 3.05) is 19.6 Å². The molecule has 2 aromatic rings. The fourth-order valence-electron chi connectivity index (χ4n) is 2.45. The van der Waals surface area contributed by atoms with Gasteiger partial charge >= 0.3 is 0 Å². The van der Waals surface area contributed by atoms with Crippen LogP contribution in [-0.2, 0) is 6.54 Å². The van der Waals surface area contributed by atoms with Crippen molar-refractivity contribution in [3.05, 3.63) is 35.3 Å². The molecule has 100 valence electrons. The van der Waals surface area contributed by atoms with Crippen molar-refractivity contribution in [3.8, 4) is 11.1 Å². The van der Waals surface area contributed by atoms with E-state index >= 15 is 0 Å². The van der Waals surface area contributed by atoms with Crippen molar-refractivity contribution in [2.45, 2.75) is 19.4 Å². The Hall–Kier alpha value is -1.20. The number of pyridine rings is 1. The Morgan fingerprint density at radius 1 is 1.05 bits per heavy atom. The molecule has 0 aliphatic carbocycles. The molecule has 3 rings (SSSR count). The number of aromatic nitrogens is 3. The first-order valence-corrected chi connectivity index (χ1v) is 7.46. The molecule has 5 heteroatoms. The minimum absolute atomic E-state index is 0.960. The van der Waals surface area contributed by atoms with Gasteiger partial charge in [0.15, 0.2) is 0 Å². The molecular weight excluding hydrogens is 304 g/mol. The van der Waals surface area contributed by atoms with Crippen LogP contribution in [0.5, 0.6) is 0 Å². The third-order valence-electron chi connectivity index (χ3n) is 3.52. The fourth-order valence-corrected chi connectivity index (χ4v) is 2.82. The highest BCUT2D eigenvalue weighted by molar-refractivity contribution is 9.10. The number of hydrogen-bond acceptors (Lipinski definition) is 3. The molecule has 0 spiro atoms. The average Bonchev–Trinajstić information content (AvgIpc) is 3.08. The van der Waals surface area contributed by atoms with E-state index in [1.165, 1.54) is 25.9 Å². The predicted octanol–water partition coefficient (Wildman–Crippen LogP) is 2.80. The summed E-state index contributed by atoms with van der Waals surface area (Å²) in [6.45, 7) is 4.53. The highest BCUT2D eigenvalue weighted by Crippen LogP contribution is 2.21. The van der Waals surface area contributed by atoms with Gasteiger partial charge < -0.3 is 4.90 Å². The lowest BCUT2D eigenvalue weighted by atomic mass is 10.2. The van der Waals surface area contributed by atoms with Gasteiger partial charge in [0.1, 0.15) is 0 Å². The maximum Gasteiger partial charge on any atom is 0.0568 e. The van der Waals surface area contributed by atoms with Crippen LogP contribution in [0.25, 0.3) is 11.1 Å². The molecule has 19 heavy (non-hydrogen) atoms. The number of nitrogens with zero attached hydrogens (tertiary/aromatic N) is 4. The summed E-state index contributed by atoms with van der Waals surface area (Å²) in [6.07, 6.45) is 10.4. The van der Waals surface area contributed by atoms with Gasteiger partial charge in [0.25, 0.3) is 0 Å². The van der Waals surface area contributed by atoms with Crippen LogP contribution >= 0.6 is 15.9 Å². The summed E-state index contributed by atoms with van der Waals surface area (Å²) in [5.41, 5.74) is 2.22. The smallest absolute Gasteiger partial charge is 0.0568 e. The zero-order valence-electron chi connectivity index (χ0n) is 10.8. The maximum absolute atomic E-state index is 4.43. The molecule has 1 fully saturated rings. The molecular formula is C14H17BrN4. The predicted molar refractivity (Wildman–Crippen MR) is 78.8 cm³/mol. The molecule has 1 saturated heterocycles. The zero-order chi connectivity index (χ0) is 13.1. The second-order valence-corrected chi connectivity index (χ2v) is 5.85. The van der Waals surface area contributed by atoms with Crippen molar-refractivity contribution in [1.29, 1.82) is 0 Å². The minimum atomic E-state index is 0.960. The van der Waals surface area contributed by atoms with Crippen molar-refractivity contribution in [2.24, 2.45) is 0 Å². The summed E-state index contributed by atoms with van der Waals surface area (Å²) in [5.74, 6) is 0. The van der Waals surface area contributed by atoms with Gasteiger partial charge in [-0.05, 0) is 47.9 Å². The lowest BCUT2D eigenvalue weighted by Crippen LogP contribution is -2.24. The summed E-state index contributed by atoms with van der Waals surface area (Å²) in [5, 5.41) is 4.43. The van der Waals surface area contributed by atoms with Gasteiger partial charge in [-0.15, -0.1) is 0 Å². The summed E-state index contributed by atoms with van der Waals surface area (Å²) >= 11 is 3.45. The van der Waals surface area contributed by atoms with E-state index in [9.17, 15) is 0 Å². The quantitative estimate of drug-likeness (QED) is 0.868. The summed E-state index contributed by atoms with van der Waals surface area (Å²) in [7, 11) is 0. The molecule has 0 radical (unpaired) electrons. The SMILES string of the molecule is Brc1cncc(-c2cnn(CCN3CCCC3)c2)c1. The Kier molecular flexibility index (Phi) is 3.94. The fraction of sp³-hybridized carbons (Fsp3) is 0.429. The molecule has 0 amide bonds. The largest absolute Gasteiger partial charge is 0.301 e. The molecule has 3 heterocycles. The molecule has 0 saturated carbocycles. The Morgan fingerprint density at radius 2 is 1.89 bits per heavy atom. The molecule has 0 unspecified atom stereocenters. The number of halogens is 1. The molecule has 1 aliphatic heterocycles. The van der Waals surface area contributed by atoms with E-state index in [2.05, 4.69) is 43.2 Å². The number of rotatable bonds is 4. The van der Waals surface area contributed by atoms with Crippen LogP contribution in [0.15, 0.2) is 35.3 Å². The van der Waals surface area contributed by atoms with E-state index < -0.39 is 0 Å². The third kappa shape index (κ3) is 3.22. The van der Waals surface area contributed by atoms with E-state index in [0.717, 1.165) is 28.7 Å². The molecule has 1 aliphatic rings. The van der Waals surface area contributed by atoms with Gasteiger partial charge in [-0.2, -0.15) is 5.10 Å². The first-order chi connectivity index (χ1) is 9.31. The summed E-state index contributed by atoms with van der Waals surface area (Å²) < 4.78 is 3.02. The van der Waals surface area contributed by atoms with E-state index in [4.69, 9.17) is 0 Å². The van der Waals surface area contributed by atoms with E-state index in [0.29, 0.717) is 0 Å². The monoisotopic (exact) mass is 320 g/mol. The van der Waals surface area contributed by atoms with Crippen molar-refractivity contribution in [1.82, 2.24) is 19.7 Å². The van der Waals surface area contributed by atoms with Crippen LogP contribution in [0.4, 0.5) is 0 Å². The second kappa shape index (κ2) is 5.84. The van der Waals surface area contributed by atoms with Gasteiger partial charge in [0, 0.05) is 40.7 Å². The highest BCUT2D eigenvalue weighted by atomic mass is 79.9. The van der Waals surface area contributed by atoms with Crippen molar-refractivity contribution < 1.29 is 0 Å². The number of likely N-dealkylation sites (tertiary alicyclic amines) is 1. The Balaban J connectivity index is 1.65. The van der Waals surface area contributed by atoms with Crippen molar-refractivity contribution >= 4 is 15.9 Å². The molecule has 2 aromatic heterocycles. The van der Waals surface area contributed by atoms with E-state index in [-0.39, 0.29) is 0 Å². The Labute approximate surface area is 121 Å². The lowest BCUT2D eigenvalue weighted by molar-refractivity contribution is 0.316. The molecule has 0 atom stereocenters. The van der Waals surface area contributed by atoms with E-state index in [1.54, 1.807) is 6.20 Å². The molecule has 0 N–H and O–H groups in total. The van der Waals surface area contributed by atoms with E-state index in [1.807, 2.05) is 17.1 Å². The van der Waals surface area contributed by atoms with Crippen LogP contribution in [0.3, 0.4) is 0 Å². The first-order valence-electron chi connectivity index (χ1n) is 6.67. The van der Waals surface area contributed by atoms with Crippen LogP contribution in [0.2, 0.25) is 0 Å². The van der Waals surface area contributed by atoms with Crippen LogP contribution < -0.4 is 0 Å². The topological polar surface area (TPSA) is 34.0 Å². The van der Waals surface area contributed by atoms with Gasteiger partial charge in [0.05, 0.1) is 12.7 Å². The second-order valence-electron chi connectivity index (χ2n) is 4.93. The summed E-state index contributed by atoms with van der Waals surface area (Å²) in [4.78, 5) is 6.69. The third-order valence-corrected chi connectivity index (χ3v) is 3.95. The summed E-state index contributed by atoms with van der Waals surface area (Å²) in [6, 6.07) is 2.06.